The van der Waals surface area contributed by atoms with Crippen LogP contribution < -0.4 is 0 Å². The molecule has 0 aliphatic carbocycles. The molecule has 0 amide bonds. The standard InChI is InChI=1S/C10H21NO.C2H6/c1-9(2)11-7-5-6-10(3,8-11)12-4;1-2/h9H,5-8H2,1-4H3;1-2H3. The van der Waals surface area contributed by atoms with E-state index in [0.29, 0.717) is 6.04 Å². The lowest BCUT2D eigenvalue weighted by Crippen LogP contribution is -2.49. The largest absolute Gasteiger partial charge is 0.377 e. The van der Waals surface area contributed by atoms with Crippen molar-refractivity contribution in [2.75, 3.05) is 20.2 Å². The molecule has 0 spiro atoms. The van der Waals surface area contributed by atoms with E-state index in [1.807, 2.05) is 21.0 Å². The first-order valence-corrected chi connectivity index (χ1v) is 5.86. The molecule has 0 radical (unpaired) electrons. The molecule has 1 saturated heterocycles. The molecule has 86 valence electrons. The van der Waals surface area contributed by atoms with Crippen molar-refractivity contribution in [2.45, 2.75) is 59.1 Å². The molecular weight excluding hydrogens is 174 g/mol. The third-order valence-electron chi connectivity index (χ3n) is 2.91. The minimum atomic E-state index is 0.0997. The van der Waals surface area contributed by atoms with Gasteiger partial charge in [-0.1, -0.05) is 13.8 Å². The summed E-state index contributed by atoms with van der Waals surface area (Å²) in [6.07, 6.45) is 2.47. The molecule has 0 aromatic heterocycles. The predicted octanol–water partition coefficient (Wildman–Crippen LogP) is 2.92. The summed E-state index contributed by atoms with van der Waals surface area (Å²) in [5.41, 5.74) is 0.0997. The first-order chi connectivity index (χ1) is 6.57. The van der Waals surface area contributed by atoms with E-state index < -0.39 is 0 Å². The number of ether oxygens (including phenoxy) is 1. The summed E-state index contributed by atoms with van der Waals surface area (Å²) >= 11 is 0. The van der Waals surface area contributed by atoms with E-state index in [1.54, 1.807) is 0 Å². The molecule has 1 fully saturated rings. The molecule has 1 aliphatic heterocycles. The van der Waals surface area contributed by atoms with Crippen LogP contribution in [-0.4, -0.2) is 36.7 Å². The third-order valence-corrected chi connectivity index (χ3v) is 2.91. The fourth-order valence-electron chi connectivity index (χ4n) is 1.85. The summed E-state index contributed by atoms with van der Waals surface area (Å²) in [4.78, 5) is 2.49. The molecule has 0 N–H and O–H groups in total. The van der Waals surface area contributed by atoms with Gasteiger partial charge >= 0.3 is 0 Å². The Morgan fingerprint density at radius 2 is 1.86 bits per heavy atom. The third kappa shape index (κ3) is 3.97. The highest BCUT2D eigenvalue weighted by molar-refractivity contribution is 4.85. The molecule has 0 bridgehead atoms. The van der Waals surface area contributed by atoms with E-state index in [4.69, 9.17) is 4.74 Å². The van der Waals surface area contributed by atoms with Gasteiger partial charge in [-0.3, -0.25) is 4.90 Å². The Hall–Kier alpha value is -0.0800. The molecule has 2 heteroatoms. The van der Waals surface area contributed by atoms with E-state index in [1.165, 1.54) is 19.4 Å². The Labute approximate surface area is 89.6 Å². The van der Waals surface area contributed by atoms with Gasteiger partial charge in [0, 0.05) is 19.7 Å². The molecule has 0 aromatic carbocycles. The highest BCUT2D eigenvalue weighted by atomic mass is 16.5. The van der Waals surface area contributed by atoms with Gasteiger partial charge in [0.25, 0.3) is 0 Å². The maximum absolute atomic E-state index is 5.52. The molecule has 1 heterocycles. The van der Waals surface area contributed by atoms with Crippen molar-refractivity contribution in [3.8, 4) is 0 Å². The SMILES string of the molecule is CC.COC1(C)CCCN(C(C)C)C1. The van der Waals surface area contributed by atoms with Gasteiger partial charge in [0.15, 0.2) is 0 Å². The Bertz CT molecular complexity index is 147. The monoisotopic (exact) mass is 201 g/mol. The minimum absolute atomic E-state index is 0.0997. The van der Waals surface area contributed by atoms with Gasteiger partial charge in [0.1, 0.15) is 0 Å². The van der Waals surface area contributed by atoms with Crippen LogP contribution in [0.15, 0.2) is 0 Å². The predicted molar refractivity (Wildman–Crippen MR) is 62.7 cm³/mol. The fourth-order valence-corrected chi connectivity index (χ4v) is 1.85. The van der Waals surface area contributed by atoms with Crippen molar-refractivity contribution in [2.24, 2.45) is 0 Å². The maximum atomic E-state index is 5.52. The average molecular weight is 201 g/mol. The number of hydrogen-bond donors (Lipinski definition) is 0. The van der Waals surface area contributed by atoms with E-state index >= 15 is 0 Å². The minimum Gasteiger partial charge on any atom is -0.377 e. The van der Waals surface area contributed by atoms with Crippen LogP contribution in [0.25, 0.3) is 0 Å². The Balaban J connectivity index is 0.000000791. The Morgan fingerprint density at radius 3 is 2.29 bits per heavy atom. The molecule has 0 saturated carbocycles. The van der Waals surface area contributed by atoms with Gasteiger partial charge in [0.05, 0.1) is 5.60 Å². The molecule has 1 rings (SSSR count). The lowest BCUT2D eigenvalue weighted by atomic mass is 9.94. The molecular formula is C12H27NO. The quantitative estimate of drug-likeness (QED) is 0.681. The van der Waals surface area contributed by atoms with E-state index in [9.17, 15) is 0 Å². The molecule has 2 nitrogen and oxygen atoms in total. The van der Waals surface area contributed by atoms with Crippen LogP contribution in [0.5, 0.6) is 0 Å². The van der Waals surface area contributed by atoms with Crippen molar-refractivity contribution in [1.29, 1.82) is 0 Å². The zero-order chi connectivity index (χ0) is 11.2. The molecule has 1 aliphatic rings. The number of methoxy groups -OCH3 is 1. The van der Waals surface area contributed by atoms with Crippen LogP contribution in [0.3, 0.4) is 0 Å². The lowest BCUT2D eigenvalue weighted by molar-refractivity contribution is -0.0578. The zero-order valence-corrected chi connectivity index (χ0v) is 10.8. The topological polar surface area (TPSA) is 12.5 Å². The highest BCUT2D eigenvalue weighted by Crippen LogP contribution is 2.24. The first-order valence-electron chi connectivity index (χ1n) is 5.86. The van der Waals surface area contributed by atoms with Crippen LogP contribution in [0.1, 0.15) is 47.5 Å². The van der Waals surface area contributed by atoms with Gasteiger partial charge in [-0.2, -0.15) is 0 Å². The van der Waals surface area contributed by atoms with Crippen molar-refractivity contribution < 1.29 is 4.74 Å². The smallest absolute Gasteiger partial charge is 0.0777 e. The summed E-state index contributed by atoms with van der Waals surface area (Å²) in [7, 11) is 1.82. The van der Waals surface area contributed by atoms with E-state index in [0.717, 1.165) is 6.54 Å². The second-order valence-electron chi connectivity index (χ2n) is 4.32. The number of rotatable bonds is 2. The van der Waals surface area contributed by atoms with Crippen LogP contribution in [0, 0.1) is 0 Å². The van der Waals surface area contributed by atoms with E-state index in [-0.39, 0.29) is 5.60 Å². The fraction of sp³-hybridized carbons (Fsp3) is 1.00. The summed E-state index contributed by atoms with van der Waals surface area (Å²) < 4.78 is 5.52. The van der Waals surface area contributed by atoms with Crippen LogP contribution >= 0.6 is 0 Å². The normalized spacial score (nSPS) is 28.5. The Kier molecular flexibility index (Phi) is 6.38. The second-order valence-corrected chi connectivity index (χ2v) is 4.32. The summed E-state index contributed by atoms with van der Waals surface area (Å²) in [6.45, 7) is 13.0. The van der Waals surface area contributed by atoms with Gasteiger partial charge in [-0.15, -0.1) is 0 Å². The number of piperidine rings is 1. The van der Waals surface area contributed by atoms with Crippen LogP contribution in [0.2, 0.25) is 0 Å². The first kappa shape index (κ1) is 13.9. The molecule has 1 unspecified atom stereocenters. The van der Waals surface area contributed by atoms with Crippen molar-refractivity contribution in [3.63, 3.8) is 0 Å². The summed E-state index contributed by atoms with van der Waals surface area (Å²) in [6, 6.07) is 0.653. The number of hydrogen-bond acceptors (Lipinski definition) is 2. The summed E-state index contributed by atoms with van der Waals surface area (Å²) in [5.74, 6) is 0. The van der Waals surface area contributed by atoms with Gasteiger partial charge in [0.2, 0.25) is 0 Å². The average Bonchev–Trinajstić information content (AvgIpc) is 2.21. The number of likely N-dealkylation sites (tertiary alicyclic amines) is 1. The van der Waals surface area contributed by atoms with Gasteiger partial charge < -0.3 is 4.74 Å². The van der Waals surface area contributed by atoms with Crippen LogP contribution in [-0.2, 0) is 4.74 Å². The molecule has 14 heavy (non-hydrogen) atoms. The van der Waals surface area contributed by atoms with Crippen LogP contribution in [0.4, 0.5) is 0 Å². The zero-order valence-electron chi connectivity index (χ0n) is 10.8. The number of nitrogens with zero attached hydrogens (tertiary/aromatic N) is 1. The van der Waals surface area contributed by atoms with E-state index in [2.05, 4.69) is 25.7 Å². The Morgan fingerprint density at radius 1 is 1.29 bits per heavy atom. The molecule has 1 atom stereocenters. The molecule has 0 aromatic rings. The van der Waals surface area contributed by atoms with Crippen molar-refractivity contribution >= 4 is 0 Å². The highest BCUT2D eigenvalue weighted by Gasteiger charge is 2.31. The van der Waals surface area contributed by atoms with Crippen molar-refractivity contribution in [1.82, 2.24) is 4.90 Å². The van der Waals surface area contributed by atoms with Gasteiger partial charge in [-0.25, -0.2) is 0 Å². The second kappa shape index (κ2) is 6.41. The van der Waals surface area contributed by atoms with Crippen molar-refractivity contribution in [3.05, 3.63) is 0 Å². The lowest BCUT2D eigenvalue weighted by Gasteiger charge is -2.41. The maximum Gasteiger partial charge on any atom is 0.0777 e. The van der Waals surface area contributed by atoms with Gasteiger partial charge in [-0.05, 0) is 40.2 Å². The summed E-state index contributed by atoms with van der Waals surface area (Å²) in [5, 5.41) is 0.